The van der Waals surface area contributed by atoms with Crippen LogP contribution in [-0.4, -0.2) is 24.8 Å². The predicted molar refractivity (Wildman–Crippen MR) is 57.4 cm³/mol. The molecule has 1 saturated heterocycles. The average molecular weight is 255 g/mol. The highest BCUT2D eigenvalue weighted by Gasteiger charge is 2.57. The summed E-state index contributed by atoms with van der Waals surface area (Å²) in [6.07, 6.45) is -0.602. The van der Waals surface area contributed by atoms with Gasteiger partial charge in [0.25, 0.3) is 16.0 Å². The summed E-state index contributed by atoms with van der Waals surface area (Å²) in [6, 6.07) is 7.45. The lowest BCUT2D eigenvalue weighted by Crippen LogP contribution is -2.42. The predicted octanol–water partition coefficient (Wildman–Crippen LogP) is -0.184. The first kappa shape index (κ1) is 11.7. The maximum Gasteiger partial charge on any atom is 0.284 e. The van der Waals surface area contributed by atoms with Gasteiger partial charge in [0, 0.05) is 0 Å². The fraction of sp³-hybridized carbons (Fsp3) is 0.200. The summed E-state index contributed by atoms with van der Waals surface area (Å²) in [5.74, 6) is -1.74. The molecule has 2 N–H and O–H groups in total. The molecule has 1 heterocycles. The zero-order valence-electron chi connectivity index (χ0n) is 8.58. The Bertz CT molecular complexity index is 580. The standard InChI is InChI=1S/C10H9NO5S/c12-8-6-10(9(13)11-8,17(14,15)16)7-4-2-1-3-5-7/h1-5H,6H2,(H,11,12,13)(H,14,15,16). The smallest absolute Gasteiger partial charge is 0.284 e. The second kappa shape index (κ2) is 3.64. The van der Waals surface area contributed by atoms with Crippen LogP contribution >= 0.6 is 0 Å². The van der Waals surface area contributed by atoms with Crippen molar-refractivity contribution in [1.29, 1.82) is 0 Å². The number of nitrogens with one attached hydrogen (secondary N) is 1. The van der Waals surface area contributed by atoms with E-state index in [4.69, 9.17) is 0 Å². The molecule has 6 nitrogen and oxygen atoms in total. The number of amides is 2. The van der Waals surface area contributed by atoms with Crippen LogP contribution < -0.4 is 5.32 Å². The van der Waals surface area contributed by atoms with Gasteiger partial charge in [0.05, 0.1) is 6.42 Å². The second-order valence-corrected chi connectivity index (χ2v) is 5.37. The topological polar surface area (TPSA) is 101 Å². The Labute approximate surface area is 97.4 Å². The summed E-state index contributed by atoms with van der Waals surface area (Å²) in [4.78, 5) is 22.9. The zero-order valence-corrected chi connectivity index (χ0v) is 9.40. The number of carbonyl (C=O) groups excluding carboxylic acids is 2. The van der Waals surface area contributed by atoms with Crippen molar-refractivity contribution in [1.82, 2.24) is 5.32 Å². The Morgan fingerprint density at radius 2 is 1.76 bits per heavy atom. The van der Waals surface area contributed by atoms with E-state index < -0.39 is 33.1 Å². The molecule has 7 heteroatoms. The molecule has 1 aromatic carbocycles. The number of hydrogen-bond acceptors (Lipinski definition) is 4. The molecule has 17 heavy (non-hydrogen) atoms. The van der Waals surface area contributed by atoms with Crippen molar-refractivity contribution in [2.24, 2.45) is 0 Å². The van der Waals surface area contributed by atoms with E-state index >= 15 is 0 Å². The van der Waals surface area contributed by atoms with Crippen LogP contribution in [-0.2, 0) is 24.5 Å². The molecule has 1 unspecified atom stereocenters. The largest absolute Gasteiger partial charge is 0.295 e. The summed E-state index contributed by atoms with van der Waals surface area (Å²) in [5.41, 5.74) is 0.0749. The molecule has 90 valence electrons. The van der Waals surface area contributed by atoms with Crippen LogP contribution in [0.4, 0.5) is 0 Å². The molecule has 1 aliphatic heterocycles. The Balaban J connectivity index is 2.70. The van der Waals surface area contributed by atoms with Crippen molar-refractivity contribution in [3.8, 4) is 0 Å². The molecule has 1 atom stereocenters. The molecule has 0 spiro atoms. The minimum atomic E-state index is -4.73. The average Bonchev–Trinajstić information content (AvgIpc) is 2.55. The fourth-order valence-electron chi connectivity index (χ4n) is 1.88. The first-order valence-electron chi connectivity index (χ1n) is 4.75. The van der Waals surface area contributed by atoms with Gasteiger partial charge in [-0.1, -0.05) is 30.3 Å². The Morgan fingerprint density at radius 1 is 1.18 bits per heavy atom. The van der Waals surface area contributed by atoms with Gasteiger partial charge in [-0.3, -0.25) is 19.5 Å². The third kappa shape index (κ3) is 1.63. The highest BCUT2D eigenvalue weighted by atomic mass is 32.2. The first-order valence-corrected chi connectivity index (χ1v) is 6.19. The van der Waals surface area contributed by atoms with Gasteiger partial charge in [0.15, 0.2) is 0 Å². The molecule has 0 radical (unpaired) electrons. The van der Waals surface area contributed by atoms with Crippen molar-refractivity contribution < 1.29 is 22.6 Å². The van der Waals surface area contributed by atoms with Crippen LogP contribution in [0.1, 0.15) is 12.0 Å². The SMILES string of the molecule is O=C1CC(c2ccccc2)(S(=O)(=O)O)C(=O)N1. The van der Waals surface area contributed by atoms with Crippen LogP contribution in [0.5, 0.6) is 0 Å². The second-order valence-electron chi connectivity index (χ2n) is 3.72. The van der Waals surface area contributed by atoms with Crippen LogP contribution in [0, 0.1) is 0 Å². The quantitative estimate of drug-likeness (QED) is 0.563. The van der Waals surface area contributed by atoms with E-state index in [1.54, 1.807) is 6.07 Å². The van der Waals surface area contributed by atoms with Gasteiger partial charge in [0.2, 0.25) is 10.7 Å². The molecule has 0 aromatic heterocycles. The van der Waals surface area contributed by atoms with Crippen LogP contribution in [0.15, 0.2) is 30.3 Å². The zero-order chi connectivity index (χ0) is 12.7. The van der Waals surface area contributed by atoms with E-state index in [-0.39, 0.29) is 5.56 Å². The third-order valence-corrected chi connectivity index (χ3v) is 4.16. The van der Waals surface area contributed by atoms with Gasteiger partial charge < -0.3 is 0 Å². The summed E-state index contributed by atoms with van der Waals surface area (Å²) in [7, 11) is -4.73. The van der Waals surface area contributed by atoms with E-state index in [1.165, 1.54) is 24.3 Å². The Kier molecular flexibility index (Phi) is 2.52. The van der Waals surface area contributed by atoms with Crippen molar-refractivity contribution in [2.45, 2.75) is 11.2 Å². The van der Waals surface area contributed by atoms with Crippen molar-refractivity contribution >= 4 is 21.9 Å². The van der Waals surface area contributed by atoms with Crippen molar-refractivity contribution in [3.05, 3.63) is 35.9 Å². The summed E-state index contributed by atoms with van der Waals surface area (Å²) < 4.78 is 30.0. The van der Waals surface area contributed by atoms with Gasteiger partial charge in [-0.15, -0.1) is 0 Å². The van der Waals surface area contributed by atoms with E-state index in [0.29, 0.717) is 0 Å². The van der Waals surface area contributed by atoms with Crippen LogP contribution in [0.2, 0.25) is 0 Å². The monoisotopic (exact) mass is 255 g/mol. The molecule has 2 amide bonds. The normalized spacial score (nSPS) is 24.8. The minimum absolute atomic E-state index is 0.0749. The molecule has 2 rings (SSSR count). The number of hydrogen-bond donors (Lipinski definition) is 2. The summed E-state index contributed by atoms with van der Waals surface area (Å²) in [6.45, 7) is 0. The lowest BCUT2D eigenvalue weighted by molar-refractivity contribution is -0.125. The highest BCUT2D eigenvalue weighted by molar-refractivity contribution is 7.87. The van der Waals surface area contributed by atoms with E-state index in [2.05, 4.69) is 0 Å². The molecule has 1 aliphatic rings. The Hall–Kier alpha value is -1.73. The number of imide groups is 1. The maximum absolute atomic E-state index is 11.7. The lowest BCUT2D eigenvalue weighted by atomic mass is 9.96. The van der Waals surface area contributed by atoms with E-state index in [1.807, 2.05) is 5.32 Å². The molecule has 1 aromatic rings. The number of benzene rings is 1. The van der Waals surface area contributed by atoms with E-state index in [0.717, 1.165) is 0 Å². The van der Waals surface area contributed by atoms with Gasteiger partial charge in [-0.2, -0.15) is 8.42 Å². The third-order valence-electron chi connectivity index (χ3n) is 2.71. The van der Waals surface area contributed by atoms with Gasteiger partial charge in [-0.25, -0.2) is 0 Å². The number of rotatable bonds is 2. The van der Waals surface area contributed by atoms with E-state index in [9.17, 15) is 22.6 Å². The number of carbonyl (C=O) groups is 2. The molecule has 0 aliphatic carbocycles. The Morgan fingerprint density at radius 3 is 2.18 bits per heavy atom. The fourth-order valence-corrected chi connectivity index (χ4v) is 2.91. The molecular weight excluding hydrogens is 246 g/mol. The molecule has 0 saturated carbocycles. The van der Waals surface area contributed by atoms with Crippen molar-refractivity contribution in [2.75, 3.05) is 0 Å². The van der Waals surface area contributed by atoms with Crippen LogP contribution in [0.25, 0.3) is 0 Å². The molecule has 1 fully saturated rings. The first-order chi connectivity index (χ1) is 7.88. The molecular formula is C10H9NO5S. The summed E-state index contributed by atoms with van der Waals surface area (Å²) >= 11 is 0. The maximum atomic E-state index is 11.7. The lowest BCUT2D eigenvalue weighted by Gasteiger charge is -2.21. The van der Waals surface area contributed by atoms with Gasteiger partial charge >= 0.3 is 0 Å². The van der Waals surface area contributed by atoms with Crippen molar-refractivity contribution in [3.63, 3.8) is 0 Å². The minimum Gasteiger partial charge on any atom is -0.295 e. The highest BCUT2D eigenvalue weighted by Crippen LogP contribution is 2.37. The summed E-state index contributed by atoms with van der Waals surface area (Å²) in [5, 5.41) is 1.90. The van der Waals surface area contributed by atoms with Gasteiger partial charge in [0.1, 0.15) is 0 Å². The van der Waals surface area contributed by atoms with Crippen LogP contribution in [0.3, 0.4) is 0 Å². The molecule has 0 bridgehead atoms. The van der Waals surface area contributed by atoms with Gasteiger partial charge in [-0.05, 0) is 5.56 Å².